The summed E-state index contributed by atoms with van der Waals surface area (Å²) in [6.45, 7) is 0.0180. The fourth-order valence-corrected chi connectivity index (χ4v) is 1.97. The zero-order valence-electron chi connectivity index (χ0n) is 15.4. The third kappa shape index (κ3) is 5.40. The Morgan fingerprint density at radius 1 is 0.885 bits per heavy atom. The fraction of sp³-hybridized carbons (Fsp3) is 0.353. The molecule has 1 aromatic heterocycles. The zero-order valence-corrected chi connectivity index (χ0v) is 15.4. The number of rotatable bonds is 7. The largest absolute Gasteiger partial charge is 0.347 e. The second-order valence-corrected chi connectivity index (χ2v) is 5.97. The summed E-state index contributed by atoms with van der Waals surface area (Å²) in [6, 6.07) is 8.72. The van der Waals surface area contributed by atoms with Crippen LogP contribution >= 0.6 is 0 Å². The van der Waals surface area contributed by atoms with Crippen molar-refractivity contribution in [2.24, 2.45) is 0 Å². The van der Waals surface area contributed by atoms with Crippen molar-refractivity contribution in [3.8, 4) is 0 Å². The molecule has 138 valence electrons. The average Bonchev–Trinajstić information content (AvgIpc) is 2.64. The topological polar surface area (TPSA) is 103 Å². The minimum atomic E-state index is -0.326. The molecular formula is C17H23N7O2. The van der Waals surface area contributed by atoms with Gasteiger partial charge in [0.1, 0.15) is 0 Å². The SMILES string of the molecule is CN(C)c1nc(CNC(=O)CNC(=O)c2ccccc2)nc(N(C)C)n1. The summed E-state index contributed by atoms with van der Waals surface area (Å²) in [5.74, 6) is 0.823. The van der Waals surface area contributed by atoms with E-state index in [-0.39, 0.29) is 24.9 Å². The summed E-state index contributed by atoms with van der Waals surface area (Å²) in [6.07, 6.45) is 0. The zero-order chi connectivity index (χ0) is 19.1. The molecule has 9 nitrogen and oxygen atoms in total. The maximum absolute atomic E-state index is 12.0. The Morgan fingerprint density at radius 2 is 1.46 bits per heavy atom. The Labute approximate surface area is 152 Å². The third-order valence-electron chi connectivity index (χ3n) is 3.35. The van der Waals surface area contributed by atoms with Gasteiger partial charge in [-0.1, -0.05) is 18.2 Å². The van der Waals surface area contributed by atoms with E-state index in [1.165, 1.54) is 0 Å². The number of nitrogens with one attached hydrogen (secondary N) is 2. The number of hydrogen-bond donors (Lipinski definition) is 2. The highest BCUT2D eigenvalue weighted by molar-refractivity contribution is 5.96. The van der Waals surface area contributed by atoms with Crippen LogP contribution in [0.15, 0.2) is 30.3 Å². The summed E-state index contributed by atoms with van der Waals surface area (Å²) in [5, 5.41) is 5.27. The highest BCUT2D eigenvalue weighted by atomic mass is 16.2. The van der Waals surface area contributed by atoms with Gasteiger partial charge in [0.05, 0.1) is 13.1 Å². The third-order valence-corrected chi connectivity index (χ3v) is 3.35. The lowest BCUT2D eigenvalue weighted by molar-refractivity contribution is -0.120. The van der Waals surface area contributed by atoms with Gasteiger partial charge in [0.2, 0.25) is 17.8 Å². The number of carbonyl (C=O) groups excluding carboxylic acids is 2. The summed E-state index contributed by atoms with van der Waals surface area (Å²) in [4.78, 5) is 40.4. The molecule has 2 aromatic rings. The highest BCUT2D eigenvalue weighted by Crippen LogP contribution is 2.10. The first-order valence-corrected chi connectivity index (χ1v) is 8.06. The standard InChI is InChI=1S/C17H23N7O2/c1-23(2)16-20-13(21-17(22-16)24(3)4)10-18-14(25)11-19-15(26)12-8-6-5-7-9-12/h5-9H,10-11H2,1-4H3,(H,18,25)(H,19,26). The molecule has 0 aliphatic carbocycles. The molecule has 1 heterocycles. The van der Waals surface area contributed by atoms with E-state index in [2.05, 4.69) is 25.6 Å². The van der Waals surface area contributed by atoms with Crippen molar-refractivity contribution in [2.45, 2.75) is 6.54 Å². The lowest BCUT2D eigenvalue weighted by atomic mass is 10.2. The van der Waals surface area contributed by atoms with E-state index in [0.29, 0.717) is 23.3 Å². The van der Waals surface area contributed by atoms with Crippen molar-refractivity contribution in [3.63, 3.8) is 0 Å². The van der Waals surface area contributed by atoms with Crippen molar-refractivity contribution >= 4 is 23.7 Å². The fourth-order valence-electron chi connectivity index (χ4n) is 1.97. The minimum absolute atomic E-state index is 0.125. The number of aromatic nitrogens is 3. The lowest BCUT2D eigenvalue weighted by Gasteiger charge is -2.16. The molecule has 0 saturated heterocycles. The molecule has 0 aliphatic rings. The van der Waals surface area contributed by atoms with Crippen molar-refractivity contribution < 1.29 is 9.59 Å². The van der Waals surface area contributed by atoms with E-state index < -0.39 is 0 Å². The summed E-state index contributed by atoms with van der Waals surface area (Å²) < 4.78 is 0. The van der Waals surface area contributed by atoms with Gasteiger partial charge in [0.25, 0.3) is 5.91 Å². The first-order chi connectivity index (χ1) is 12.4. The smallest absolute Gasteiger partial charge is 0.251 e. The number of carbonyl (C=O) groups is 2. The average molecular weight is 357 g/mol. The molecule has 0 bridgehead atoms. The molecule has 26 heavy (non-hydrogen) atoms. The van der Waals surface area contributed by atoms with Crippen LogP contribution in [0.3, 0.4) is 0 Å². The van der Waals surface area contributed by atoms with Gasteiger partial charge in [-0.05, 0) is 12.1 Å². The first-order valence-electron chi connectivity index (χ1n) is 8.06. The molecule has 2 N–H and O–H groups in total. The normalized spacial score (nSPS) is 10.2. The predicted molar refractivity (Wildman–Crippen MR) is 99.1 cm³/mol. The molecule has 1 aromatic carbocycles. The van der Waals surface area contributed by atoms with Crippen molar-refractivity contribution in [1.29, 1.82) is 0 Å². The van der Waals surface area contributed by atoms with E-state index in [9.17, 15) is 9.59 Å². The summed E-state index contributed by atoms with van der Waals surface area (Å²) >= 11 is 0. The molecule has 0 aliphatic heterocycles. The minimum Gasteiger partial charge on any atom is -0.347 e. The quantitative estimate of drug-likeness (QED) is 0.722. The van der Waals surface area contributed by atoms with Gasteiger partial charge < -0.3 is 20.4 Å². The number of hydrogen-bond acceptors (Lipinski definition) is 7. The second kappa shape index (κ2) is 8.75. The summed E-state index contributed by atoms with van der Waals surface area (Å²) in [7, 11) is 7.32. The second-order valence-electron chi connectivity index (χ2n) is 5.97. The molecule has 9 heteroatoms. The first kappa shape index (κ1) is 19.1. The lowest BCUT2D eigenvalue weighted by Crippen LogP contribution is -2.37. The predicted octanol–water partition coefficient (Wildman–Crippen LogP) is 0.0498. The van der Waals surface area contributed by atoms with E-state index in [1.807, 2.05) is 34.3 Å². The van der Waals surface area contributed by atoms with Gasteiger partial charge in [0.15, 0.2) is 5.82 Å². The van der Waals surface area contributed by atoms with Crippen molar-refractivity contribution in [2.75, 3.05) is 44.5 Å². The molecule has 2 rings (SSSR count). The highest BCUT2D eigenvalue weighted by Gasteiger charge is 2.11. The van der Waals surface area contributed by atoms with Crippen LogP contribution in [0.1, 0.15) is 16.2 Å². The molecule has 0 unspecified atom stereocenters. The van der Waals surface area contributed by atoms with Crippen LogP contribution in [0.2, 0.25) is 0 Å². The van der Waals surface area contributed by atoms with E-state index in [4.69, 9.17) is 0 Å². The van der Waals surface area contributed by atoms with Crippen LogP contribution in [0.25, 0.3) is 0 Å². The molecule has 0 atom stereocenters. The van der Waals surface area contributed by atoms with E-state index in [1.54, 1.807) is 34.1 Å². The van der Waals surface area contributed by atoms with Gasteiger partial charge in [-0.2, -0.15) is 15.0 Å². The van der Waals surface area contributed by atoms with E-state index in [0.717, 1.165) is 0 Å². The van der Waals surface area contributed by atoms with Crippen LogP contribution in [0.4, 0.5) is 11.9 Å². The Morgan fingerprint density at radius 3 is 2.00 bits per heavy atom. The number of benzene rings is 1. The summed E-state index contributed by atoms with van der Waals surface area (Å²) in [5.41, 5.74) is 0.504. The molecule has 0 saturated carbocycles. The van der Waals surface area contributed by atoms with Gasteiger partial charge >= 0.3 is 0 Å². The van der Waals surface area contributed by atoms with E-state index >= 15 is 0 Å². The molecule has 0 fully saturated rings. The Kier molecular flexibility index (Phi) is 6.42. The number of anilines is 2. The van der Waals surface area contributed by atoms with Gasteiger partial charge in [-0.15, -0.1) is 0 Å². The van der Waals surface area contributed by atoms with Crippen molar-refractivity contribution in [3.05, 3.63) is 41.7 Å². The van der Waals surface area contributed by atoms with Crippen LogP contribution in [0, 0.1) is 0 Å². The Bertz CT molecular complexity index is 737. The van der Waals surface area contributed by atoms with Gasteiger partial charge in [-0.3, -0.25) is 9.59 Å². The van der Waals surface area contributed by atoms with Crippen molar-refractivity contribution in [1.82, 2.24) is 25.6 Å². The van der Waals surface area contributed by atoms with Crippen LogP contribution < -0.4 is 20.4 Å². The maximum atomic E-state index is 12.0. The Hall–Kier alpha value is -3.23. The molecular weight excluding hydrogens is 334 g/mol. The van der Waals surface area contributed by atoms with Crippen LogP contribution in [0.5, 0.6) is 0 Å². The monoisotopic (exact) mass is 357 g/mol. The van der Waals surface area contributed by atoms with Gasteiger partial charge in [0, 0.05) is 33.8 Å². The van der Waals surface area contributed by atoms with Crippen LogP contribution in [-0.2, 0) is 11.3 Å². The number of amides is 2. The molecule has 0 radical (unpaired) electrons. The van der Waals surface area contributed by atoms with Crippen LogP contribution in [-0.4, -0.2) is 61.5 Å². The Balaban J connectivity index is 1.91. The molecule has 2 amide bonds. The maximum Gasteiger partial charge on any atom is 0.251 e. The molecule has 0 spiro atoms. The van der Waals surface area contributed by atoms with Gasteiger partial charge in [-0.25, -0.2) is 0 Å². The number of nitrogens with zero attached hydrogens (tertiary/aromatic N) is 5.